The number of aliphatic hydroxyl groups excluding tert-OH is 1. The third kappa shape index (κ3) is 3.15. The van der Waals surface area contributed by atoms with E-state index >= 15 is 0 Å². The summed E-state index contributed by atoms with van der Waals surface area (Å²) in [5.41, 5.74) is 3.63. The Hall–Kier alpha value is -3.19. The minimum atomic E-state index is -0.265. The van der Waals surface area contributed by atoms with E-state index in [1.807, 2.05) is 6.07 Å². The third-order valence-electron chi connectivity index (χ3n) is 6.11. The number of hydrogen-bond donors (Lipinski definition) is 3. The zero-order chi connectivity index (χ0) is 20.8. The SMILES string of the molecule is C[C@H]1C[C@@H](Nc2ncnc3nc(-c4ccc(N(C)C)c5ccccc45)[nH]c23)C[C@@H]1O. The van der Waals surface area contributed by atoms with Gasteiger partial charge in [0.05, 0.1) is 6.10 Å². The predicted molar refractivity (Wildman–Crippen MR) is 121 cm³/mol. The summed E-state index contributed by atoms with van der Waals surface area (Å²) in [7, 11) is 4.11. The zero-order valence-electron chi connectivity index (χ0n) is 17.4. The number of H-pyrrole nitrogens is 1. The van der Waals surface area contributed by atoms with Gasteiger partial charge in [-0.25, -0.2) is 15.0 Å². The minimum Gasteiger partial charge on any atom is -0.393 e. The van der Waals surface area contributed by atoms with Crippen LogP contribution < -0.4 is 10.2 Å². The molecule has 0 spiro atoms. The van der Waals surface area contributed by atoms with Crippen molar-refractivity contribution in [3.63, 3.8) is 0 Å². The number of nitrogens with zero attached hydrogens (tertiary/aromatic N) is 4. The van der Waals surface area contributed by atoms with Crippen LogP contribution in [0.15, 0.2) is 42.7 Å². The molecule has 0 saturated heterocycles. The van der Waals surface area contributed by atoms with Crippen molar-refractivity contribution in [3.8, 4) is 11.4 Å². The minimum absolute atomic E-state index is 0.194. The Morgan fingerprint density at radius 3 is 2.60 bits per heavy atom. The normalized spacial score (nSPS) is 21.4. The first-order chi connectivity index (χ1) is 14.5. The van der Waals surface area contributed by atoms with Crippen LogP contribution >= 0.6 is 0 Å². The zero-order valence-corrected chi connectivity index (χ0v) is 17.4. The highest BCUT2D eigenvalue weighted by atomic mass is 16.3. The summed E-state index contributed by atoms with van der Waals surface area (Å²) in [5.74, 6) is 1.80. The maximum atomic E-state index is 10.1. The van der Waals surface area contributed by atoms with Crippen molar-refractivity contribution in [2.24, 2.45) is 5.92 Å². The molecule has 154 valence electrons. The van der Waals surface area contributed by atoms with Crippen molar-refractivity contribution in [2.75, 3.05) is 24.3 Å². The molecule has 0 radical (unpaired) electrons. The van der Waals surface area contributed by atoms with E-state index in [2.05, 4.69) is 76.5 Å². The van der Waals surface area contributed by atoms with Gasteiger partial charge in [0.2, 0.25) is 0 Å². The number of rotatable bonds is 4. The van der Waals surface area contributed by atoms with Crippen molar-refractivity contribution in [1.29, 1.82) is 0 Å². The van der Waals surface area contributed by atoms with Crippen LogP contribution in [-0.2, 0) is 0 Å². The molecule has 4 aromatic rings. The lowest BCUT2D eigenvalue weighted by molar-refractivity contribution is 0.141. The lowest BCUT2D eigenvalue weighted by Gasteiger charge is -2.17. The summed E-state index contributed by atoms with van der Waals surface area (Å²) >= 11 is 0. The smallest absolute Gasteiger partial charge is 0.183 e. The highest BCUT2D eigenvalue weighted by molar-refractivity contribution is 6.03. The van der Waals surface area contributed by atoms with Gasteiger partial charge >= 0.3 is 0 Å². The Bertz CT molecular complexity index is 1210. The van der Waals surface area contributed by atoms with Gasteiger partial charge in [-0.2, -0.15) is 0 Å². The van der Waals surface area contributed by atoms with Crippen LogP contribution in [0.4, 0.5) is 11.5 Å². The molecular formula is C23H26N6O. The van der Waals surface area contributed by atoms with Gasteiger partial charge in [0.25, 0.3) is 0 Å². The van der Waals surface area contributed by atoms with E-state index in [1.165, 1.54) is 17.4 Å². The topological polar surface area (TPSA) is 90.0 Å². The first-order valence-corrected chi connectivity index (χ1v) is 10.4. The van der Waals surface area contributed by atoms with Crippen LogP contribution in [0, 0.1) is 5.92 Å². The maximum Gasteiger partial charge on any atom is 0.183 e. The van der Waals surface area contributed by atoms with Gasteiger partial charge in [0, 0.05) is 36.8 Å². The van der Waals surface area contributed by atoms with Crippen molar-refractivity contribution < 1.29 is 5.11 Å². The number of hydrogen-bond acceptors (Lipinski definition) is 6. The van der Waals surface area contributed by atoms with Crippen molar-refractivity contribution >= 4 is 33.4 Å². The van der Waals surface area contributed by atoms with Gasteiger partial charge < -0.3 is 20.3 Å². The first kappa shape index (κ1) is 18.8. The van der Waals surface area contributed by atoms with Crippen molar-refractivity contribution in [3.05, 3.63) is 42.7 Å². The lowest BCUT2D eigenvalue weighted by Crippen LogP contribution is -2.17. The average Bonchev–Trinajstić information content (AvgIpc) is 3.30. The molecule has 0 amide bonds. The molecule has 2 heterocycles. The van der Waals surface area contributed by atoms with E-state index in [1.54, 1.807) is 0 Å². The fourth-order valence-electron chi connectivity index (χ4n) is 4.48. The molecule has 0 unspecified atom stereocenters. The molecule has 1 aliphatic carbocycles. The molecule has 3 atom stereocenters. The monoisotopic (exact) mass is 402 g/mol. The standard InChI is InChI=1S/C23H26N6O/c1-13-10-14(11-19(13)30)26-22-20-23(25-12-24-22)28-21(27-20)17-8-9-18(29(2)3)16-7-5-4-6-15(16)17/h4-9,12-14,19,30H,10-11H2,1-3H3,(H2,24,25,26,27,28)/t13-,14+,19-/m0/s1. The Kier molecular flexibility index (Phi) is 4.55. The summed E-state index contributed by atoms with van der Waals surface area (Å²) < 4.78 is 0. The number of fused-ring (bicyclic) bond motifs is 2. The van der Waals surface area contributed by atoms with E-state index in [0.717, 1.165) is 41.0 Å². The summed E-state index contributed by atoms with van der Waals surface area (Å²) in [6.45, 7) is 2.08. The van der Waals surface area contributed by atoms with Crippen LogP contribution in [0.3, 0.4) is 0 Å². The fourth-order valence-corrected chi connectivity index (χ4v) is 4.48. The van der Waals surface area contributed by atoms with Crippen LogP contribution in [0.1, 0.15) is 19.8 Å². The maximum absolute atomic E-state index is 10.1. The second-order valence-electron chi connectivity index (χ2n) is 8.44. The molecule has 1 fully saturated rings. The second-order valence-corrected chi connectivity index (χ2v) is 8.44. The van der Waals surface area contributed by atoms with Crippen LogP contribution in [0.5, 0.6) is 0 Å². The quantitative estimate of drug-likeness (QED) is 0.481. The lowest BCUT2D eigenvalue weighted by atomic mass is 10.0. The van der Waals surface area contributed by atoms with Crippen LogP contribution in [0.25, 0.3) is 33.3 Å². The first-order valence-electron chi connectivity index (χ1n) is 10.4. The Labute approximate surface area is 175 Å². The summed E-state index contributed by atoms with van der Waals surface area (Å²) in [6.07, 6.45) is 2.92. The molecule has 30 heavy (non-hydrogen) atoms. The van der Waals surface area contributed by atoms with E-state index in [0.29, 0.717) is 11.6 Å². The van der Waals surface area contributed by atoms with Gasteiger partial charge in [0.1, 0.15) is 17.7 Å². The molecule has 1 saturated carbocycles. The number of aromatic amines is 1. The molecule has 0 bridgehead atoms. The number of anilines is 2. The molecular weight excluding hydrogens is 376 g/mol. The van der Waals surface area contributed by atoms with Gasteiger partial charge in [-0.1, -0.05) is 31.2 Å². The molecule has 2 aromatic carbocycles. The van der Waals surface area contributed by atoms with Gasteiger partial charge in [-0.3, -0.25) is 0 Å². The van der Waals surface area contributed by atoms with E-state index in [9.17, 15) is 5.11 Å². The predicted octanol–water partition coefficient (Wildman–Crippen LogP) is 3.81. The van der Waals surface area contributed by atoms with Gasteiger partial charge in [-0.15, -0.1) is 0 Å². The van der Waals surface area contributed by atoms with Crippen LogP contribution in [0.2, 0.25) is 0 Å². The number of imidazole rings is 1. The Morgan fingerprint density at radius 1 is 1.07 bits per heavy atom. The number of aromatic nitrogens is 4. The Morgan fingerprint density at radius 2 is 1.87 bits per heavy atom. The van der Waals surface area contributed by atoms with Crippen molar-refractivity contribution in [1.82, 2.24) is 19.9 Å². The number of benzene rings is 2. The van der Waals surface area contributed by atoms with Crippen LogP contribution in [-0.4, -0.2) is 51.3 Å². The number of nitrogens with one attached hydrogen (secondary N) is 2. The molecule has 3 N–H and O–H groups in total. The van der Waals surface area contributed by atoms with Crippen molar-refractivity contribution in [2.45, 2.75) is 31.9 Å². The summed E-state index contributed by atoms with van der Waals surface area (Å²) in [5, 5.41) is 15.9. The fraction of sp³-hybridized carbons (Fsp3) is 0.348. The van der Waals surface area contributed by atoms with E-state index < -0.39 is 0 Å². The summed E-state index contributed by atoms with van der Waals surface area (Å²) in [6, 6.07) is 12.8. The average molecular weight is 403 g/mol. The summed E-state index contributed by atoms with van der Waals surface area (Å²) in [4.78, 5) is 19.1. The molecule has 7 heteroatoms. The molecule has 0 aliphatic heterocycles. The highest BCUT2D eigenvalue weighted by Gasteiger charge is 2.30. The number of aliphatic hydroxyl groups is 1. The van der Waals surface area contributed by atoms with E-state index in [4.69, 9.17) is 4.98 Å². The molecule has 1 aliphatic rings. The third-order valence-corrected chi connectivity index (χ3v) is 6.11. The Balaban J connectivity index is 1.58. The van der Waals surface area contributed by atoms with Gasteiger partial charge in [-0.05, 0) is 36.3 Å². The van der Waals surface area contributed by atoms with Gasteiger partial charge in [0.15, 0.2) is 11.5 Å². The second kappa shape index (κ2) is 7.25. The highest BCUT2D eigenvalue weighted by Crippen LogP contribution is 2.35. The van der Waals surface area contributed by atoms with E-state index in [-0.39, 0.29) is 12.1 Å². The molecule has 7 nitrogen and oxygen atoms in total. The molecule has 2 aromatic heterocycles. The molecule has 5 rings (SSSR count). The largest absolute Gasteiger partial charge is 0.393 e.